The third-order valence-corrected chi connectivity index (χ3v) is 14.0. The Bertz CT molecular complexity index is 826. The number of ether oxygens (including phenoxy) is 2. The molecule has 208 valence electrons. The van der Waals surface area contributed by atoms with Crippen LogP contribution in [0, 0.1) is 53.3 Å². The molecule has 8 fully saturated rings. The third kappa shape index (κ3) is 3.88. The molecule has 2 saturated heterocycles. The molecule has 0 amide bonds. The molecule has 0 aromatic carbocycles. The predicted molar refractivity (Wildman–Crippen MR) is 145 cm³/mol. The molecule has 6 aliphatic carbocycles. The zero-order valence-corrected chi connectivity index (χ0v) is 23.4. The lowest BCUT2D eigenvalue weighted by Gasteiger charge is -2.44. The summed E-state index contributed by atoms with van der Waals surface area (Å²) < 4.78 is 12.4. The fourth-order valence-corrected chi connectivity index (χ4v) is 12.6. The van der Waals surface area contributed by atoms with Crippen LogP contribution in [0.4, 0.5) is 0 Å². The first kappa shape index (κ1) is 24.6. The van der Waals surface area contributed by atoms with Crippen LogP contribution in [0.5, 0.6) is 0 Å². The van der Waals surface area contributed by atoms with Crippen molar-refractivity contribution in [1.29, 1.82) is 0 Å². The van der Waals surface area contributed by atoms with Gasteiger partial charge in [0.25, 0.3) is 0 Å². The summed E-state index contributed by atoms with van der Waals surface area (Å²) in [6.45, 7) is 1.33. The molecule has 0 bridgehead atoms. The Hall–Kier alpha value is -0.160. The Morgan fingerprint density at radius 3 is 2.27 bits per heavy atom. The number of aliphatic hydroxyl groups is 1. The van der Waals surface area contributed by atoms with E-state index in [0.29, 0.717) is 30.1 Å². The SMILES string of the molecule is COC1CCC(CN2C3CCCCC3C3C4C(O)C5CC6OC7CCCCC7C6CC5C4CCC32)CC1. The summed E-state index contributed by atoms with van der Waals surface area (Å²) in [7, 11) is 1.90. The van der Waals surface area contributed by atoms with Crippen LogP contribution >= 0.6 is 0 Å². The van der Waals surface area contributed by atoms with E-state index in [1.165, 1.54) is 109 Å². The van der Waals surface area contributed by atoms with Crippen molar-refractivity contribution < 1.29 is 14.6 Å². The van der Waals surface area contributed by atoms with Crippen LogP contribution in [0.25, 0.3) is 0 Å². The van der Waals surface area contributed by atoms with Gasteiger partial charge in [0.2, 0.25) is 0 Å². The quantitative estimate of drug-likeness (QED) is 0.501. The van der Waals surface area contributed by atoms with Gasteiger partial charge in [-0.15, -0.1) is 0 Å². The second-order valence-electron chi connectivity index (χ2n) is 15.2. The highest BCUT2D eigenvalue weighted by molar-refractivity contribution is 5.15. The molecule has 6 saturated carbocycles. The fourth-order valence-electron chi connectivity index (χ4n) is 12.6. The lowest BCUT2D eigenvalue weighted by atomic mass is 9.62. The molecule has 13 atom stereocenters. The van der Waals surface area contributed by atoms with Crippen molar-refractivity contribution in [1.82, 2.24) is 4.90 Å². The Kier molecular flexibility index (Phi) is 6.48. The highest BCUT2D eigenvalue weighted by atomic mass is 16.5. The average Bonchev–Trinajstić information content (AvgIpc) is 3.56. The number of fused-ring (bicyclic) bond motifs is 10. The van der Waals surface area contributed by atoms with E-state index in [4.69, 9.17) is 9.47 Å². The van der Waals surface area contributed by atoms with Crippen molar-refractivity contribution in [2.45, 2.75) is 139 Å². The Balaban J connectivity index is 1.03. The van der Waals surface area contributed by atoms with Crippen molar-refractivity contribution in [2.24, 2.45) is 53.3 Å². The Morgan fingerprint density at radius 2 is 1.43 bits per heavy atom. The number of aliphatic hydroxyl groups excluding tert-OH is 1. The van der Waals surface area contributed by atoms with E-state index >= 15 is 0 Å². The summed E-state index contributed by atoms with van der Waals surface area (Å²) in [5.74, 6) is 6.81. The topological polar surface area (TPSA) is 41.9 Å². The molecule has 0 aromatic rings. The molecule has 2 heterocycles. The molecule has 2 aliphatic heterocycles. The molecule has 0 aromatic heterocycles. The molecule has 0 spiro atoms. The molecule has 4 heteroatoms. The van der Waals surface area contributed by atoms with Crippen molar-refractivity contribution in [3.05, 3.63) is 0 Å². The number of nitrogens with zero attached hydrogens (tertiary/aromatic N) is 1. The van der Waals surface area contributed by atoms with Gasteiger partial charge in [-0.05, 0) is 130 Å². The minimum absolute atomic E-state index is 0.0605. The summed E-state index contributed by atoms with van der Waals surface area (Å²) in [5, 5.41) is 12.1. The van der Waals surface area contributed by atoms with E-state index < -0.39 is 0 Å². The number of hydrogen-bond acceptors (Lipinski definition) is 4. The summed E-state index contributed by atoms with van der Waals surface area (Å²) in [5.41, 5.74) is 0. The van der Waals surface area contributed by atoms with Gasteiger partial charge < -0.3 is 14.6 Å². The van der Waals surface area contributed by atoms with Gasteiger partial charge in [0.1, 0.15) is 0 Å². The van der Waals surface area contributed by atoms with Crippen LogP contribution in [-0.4, -0.2) is 60.2 Å². The van der Waals surface area contributed by atoms with Crippen LogP contribution in [-0.2, 0) is 9.47 Å². The molecule has 8 rings (SSSR count). The van der Waals surface area contributed by atoms with Crippen LogP contribution in [0.1, 0.15) is 103 Å². The lowest BCUT2D eigenvalue weighted by Crippen LogP contribution is -2.46. The molecular weight excluding hydrogens is 458 g/mol. The first-order chi connectivity index (χ1) is 18.2. The van der Waals surface area contributed by atoms with E-state index in [1.54, 1.807) is 0 Å². The Labute approximate surface area is 225 Å². The zero-order valence-electron chi connectivity index (χ0n) is 23.4. The van der Waals surface area contributed by atoms with Crippen LogP contribution in [0.3, 0.4) is 0 Å². The monoisotopic (exact) mass is 511 g/mol. The minimum Gasteiger partial charge on any atom is -0.393 e. The maximum absolute atomic E-state index is 12.1. The lowest BCUT2D eigenvalue weighted by molar-refractivity contribution is -0.0358. The smallest absolute Gasteiger partial charge is 0.0614 e. The maximum atomic E-state index is 12.1. The van der Waals surface area contributed by atoms with E-state index in [-0.39, 0.29) is 6.10 Å². The van der Waals surface area contributed by atoms with E-state index in [0.717, 1.165) is 53.5 Å². The highest BCUT2D eigenvalue weighted by Crippen LogP contribution is 2.64. The molecule has 0 radical (unpaired) electrons. The van der Waals surface area contributed by atoms with E-state index in [1.807, 2.05) is 7.11 Å². The standard InChI is InChI=1S/C33H53NO3/c1-36-20-12-10-19(11-13-20)18-34-27-8-4-2-7-23(27)31-28(34)15-14-22-24-16-25-21-6-3-5-9-29(21)37-30(25)17-26(24)33(35)32(22)31/h19-33,35H,2-18H2,1H3. The van der Waals surface area contributed by atoms with Gasteiger partial charge in [0.15, 0.2) is 0 Å². The van der Waals surface area contributed by atoms with Gasteiger partial charge in [-0.3, -0.25) is 4.90 Å². The van der Waals surface area contributed by atoms with Gasteiger partial charge in [-0.25, -0.2) is 0 Å². The van der Waals surface area contributed by atoms with Crippen molar-refractivity contribution in [2.75, 3.05) is 13.7 Å². The second kappa shape index (κ2) is 9.74. The number of hydrogen-bond donors (Lipinski definition) is 1. The largest absolute Gasteiger partial charge is 0.393 e. The first-order valence-corrected chi connectivity index (χ1v) is 16.8. The fraction of sp³-hybridized carbons (Fsp3) is 1.00. The Morgan fingerprint density at radius 1 is 0.649 bits per heavy atom. The summed E-state index contributed by atoms with van der Waals surface area (Å²) in [4.78, 5) is 3.07. The molecule has 1 N–H and O–H groups in total. The van der Waals surface area contributed by atoms with Gasteiger partial charge in [-0.2, -0.15) is 0 Å². The molecule has 4 nitrogen and oxygen atoms in total. The average molecular weight is 512 g/mol. The van der Waals surface area contributed by atoms with E-state index in [9.17, 15) is 5.11 Å². The minimum atomic E-state index is -0.0605. The van der Waals surface area contributed by atoms with Crippen molar-refractivity contribution >= 4 is 0 Å². The highest BCUT2D eigenvalue weighted by Gasteiger charge is 2.64. The summed E-state index contributed by atoms with van der Waals surface area (Å²) >= 11 is 0. The molecular formula is C33H53NO3. The predicted octanol–water partition coefficient (Wildman–Crippen LogP) is 6.05. The maximum Gasteiger partial charge on any atom is 0.0614 e. The number of rotatable bonds is 3. The van der Waals surface area contributed by atoms with Crippen LogP contribution in [0.15, 0.2) is 0 Å². The number of methoxy groups -OCH3 is 1. The third-order valence-electron chi connectivity index (χ3n) is 14.0. The van der Waals surface area contributed by atoms with Crippen LogP contribution in [0.2, 0.25) is 0 Å². The van der Waals surface area contributed by atoms with E-state index in [2.05, 4.69) is 4.90 Å². The summed E-state index contributed by atoms with van der Waals surface area (Å²) in [6.07, 6.45) is 23.3. The van der Waals surface area contributed by atoms with Gasteiger partial charge >= 0.3 is 0 Å². The first-order valence-electron chi connectivity index (χ1n) is 16.8. The number of likely N-dealkylation sites (tertiary alicyclic amines) is 1. The van der Waals surface area contributed by atoms with Crippen molar-refractivity contribution in [3.63, 3.8) is 0 Å². The zero-order chi connectivity index (χ0) is 24.7. The normalized spacial score (nSPS) is 57.1. The second-order valence-corrected chi connectivity index (χ2v) is 15.2. The van der Waals surface area contributed by atoms with Crippen molar-refractivity contribution in [3.8, 4) is 0 Å². The van der Waals surface area contributed by atoms with Gasteiger partial charge in [0.05, 0.1) is 24.4 Å². The molecule has 37 heavy (non-hydrogen) atoms. The summed E-state index contributed by atoms with van der Waals surface area (Å²) in [6, 6.07) is 1.56. The van der Waals surface area contributed by atoms with Gasteiger partial charge in [-0.1, -0.05) is 25.7 Å². The van der Waals surface area contributed by atoms with Crippen LogP contribution < -0.4 is 0 Å². The molecule has 13 unspecified atom stereocenters. The van der Waals surface area contributed by atoms with Gasteiger partial charge in [0, 0.05) is 25.7 Å². The molecule has 8 aliphatic rings.